The van der Waals surface area contributed by atoms with Gasteiger partial charge in [0.15, 0.2) is 5.54 Å². The van der Waals surface area contributed by atoms with Crippen LogP contribution in [0.15, 0.2) is 39.4 Å². The van der Waals surface area contributed by atoms with Crippen LogP contribution in [0.3, 0.4) is 0 Å². The number of likely N-dealkylation sites (N-methyl/N-ethyl adjacent to an activating group) is 1. The Morgan fingerprint density at radius 2 is 2.08 bits per heavy atom. The van der Waals surface area contributed by atoms with Crippen molar-refractivity contribution in [3.05, 3.63) is 47.8 Å². The smallest absolute Gasteiger partial charge is 0.325 e. The van der Waals surface area contributed by atoms with Crippen molar-refractivity contribution >= 4 is 17.8 Å². The van der Waals surface area contributed by atoms with Gasteiger partial charge in [0.1, 0.15) is 23.8 Å². The molecule has 0 radical (unpaired) electrons. The number of carbonyl (C=O) groups excluding carboxylic acids is 3. The number of hydrogen-bond donors (Lipinski definition) is 1. The Labute approximate surface area is 144 Å². The maximum Gasteiger partial charge on any atom is 0.325 e. The third kappa shape index (κ3) is 3.02. The summed E-state index contributed by atoms with van der Waals surface area (Å²) in [6, 6.07) is 6.20. The molecule has 0 bridgehead atoms. The van der Waals surface area contributed by atoms with E-state index < -0.39 is 17.5 Å². The summed E-state index contributed by atoms with van der Waals surface area (Å²) >= 11 is 0. The molecule has 4 amide bonds. The van der Waals surface area contributed by atoms with Crippen LogP contribution < -0.4 is 5.32 Å². The van der Waals surface area contributed by atoms with E-state index in [1.807, 2.05) is 6.92 Å². The lowest BCUT2D eigenvalue weighted by Crippen LogP contribution is -2.43. The highest BCUT2D eigenvalue weighted by molar-refractivity contribution is 6.08. The Bertz CT molecular complexity index is 810. The fraction of sp³-hybridized carbons (Fsp3) is 0.353. The first-order valence-corrected chi connectivity index (χ1v) is 7.78. The van der Waals surface area contributed by atoms with Crippen LogP contribution in [0.2, 0.25) is 0 Å². The first kappa shape index (κ1) is 16.8. The Morgan fingerprint density at radius 3 is 2.68 bits per heavy atom. The highest BCUT2D eigenvalue weighted by Gasteiger charge is 2.51. The number of urea groups is 1. The molecule has 1 saturated heterocycles. The zero-order valence-electron chi connectivity index (χ0n) is 14.2. The van der Waals surface area contributed by atoms with Crippen molar-refractivity contribution in [3.8, 4) is 0 Å². The van der Waals surface area contributed by atoms with Gasteiger partial charge in [-0.2, -0.15) is 0 Å². The summed E-state index contributed by atoms with van der Waals surface area (Å²) in [6.07, 6.45) is 1.42. The SMILES string of the molecule is Cc1ccc(CN(C)C(=O)CN2C(=O)NC(C)(c3ccco3)C2=O)o1. The summed E-state index contributed by atoms with van der Waals surface area (Å²) in [4.78, 5) is 39.5. The molecule has 1 aliphatic heterocycles. The number of amides is 4. The Morgan fingerprint density at radius 1 is 1.32 bits per heavy atom. The Kier molecular flexibility index (Phi) is 4.12. The van der Waals surface area contributed by atoms with Gasteiger partial charge in [0.25, 0.3) is 5.91 Å². The van der Waals surface area contributed by atoms with Gasteiger partial charge < -0.3 is 19.1 Å². The molecule has 0 spiro atoms. The molecule has 1 unspecified atom stereocenters. The van der Waals surface area contributed by atoms with E-state index in [0.717, 1.165) is 10.7 Å². The van der Waals surface area contributed by atoms with E-state index in [9.17, 15) is 14.4 Å². The minimum atomic E-state index is -1.31. The van der Waals surface area contributed by atoms with Crippen LogP contribution in [-0.2, 0) is 21.7 Å². The van der Waals surface area contributed by atoms with E-state index in [-0.39, 0.29) is 19.0 Å². The van der Waals surface area contributed by atoms with Gasteiger partial charge >= 0.3 is 6.03 Å². The average Bonchev–Trinajstić information content (AvgIpc) is 3.26. The molecular weight excluding hydrogens is 326 g/mol. The van der Waals surface area contributed by atoms with Crippen molar-refractivity contribution in [2.45, 2.75) is 25.9 Å². The lowest BCUT2D eigenvalue weighted by Gasteiger charge is -2.21. The van der Waals surface area contributed by atoms with Crippen LogP contribution in [0.4, 0.5) is 4.79 Å². The van der Waals surface area contributed by atoms with Crippen molar-refractivity contribution in [3.63, 3.8) is 0 Å². The number of aryl methyl sites for hydroxylation is 1. The van der Waals surface area contributed by atoms with E-state index in [4.69, 9.17) is 8.83 Å². The van der Waals surface area contributed by atoms with E-state index in [0.29, 0.717) is 11.5 Å². The summed E-state index contributed by atoms with van der Waals surface area (Å²) in [5.41, 5.74) is -1.31. The molecule has 0 aliphatic carbocycles. The van der Waals surface area contributed by atoms with E-state index in [1.54, 1.807) is 38.2 Å². The second-order valence-electron chi connectivity index (χ2n) is 6.19. The number of carbonyl (C=O) groups is 3. The third-order valence-electron chi connectivity index (χ3n) is 4.20. The third-order valence-corrected chi connectivity index (χ3v) is 4.20. The zero-order valence-corrected chi connectivity index (χ0v) is 14.2. The summed E-state index contributed by atoms with van der Waals surface area (Å²) in [5.74, 6) is 0.801. The largest absolute Gasteiger partial charge is 0.466 e. The summed E-state index contributed by atoms with van der Waals surface area (Å²) in [5, 5.41) is 2.58. The van der Waals surface area contributed by atoms with Gasteiger partial charge in [0.2, 0.25) is 5.91 Å². The van der Waals surface area contributed by atoms with Crippen molar-refractivity contribution in [1.29, 1.82) is 0 Å². The predicted molar refractivity (Wildman–Crippen MR) is 86.2 cm³/mol. The molecule has 2 aromatic rings. The van der Waals surface area contributed by atoms with Crippen molar-refractivity contribution in [2.24, 2.45) is 0 Å². The zero-order chi connectivity index (χ0) is 18.2. The van der Waals surface area contributed by atoms with Gasteiger partial charge in [-0.1, -0.05) is 0 Å². The van der Waals surface area contributed by atoms with Crippen LogP contribution >= 0.6 is 0 Å². The average molecular weight is 345 g/mol. The van der Waals surface area contributed by atoms with Gasteiger partial charge in [0, 0.05) is 7.05 Å². The molecule has 25 heavy (non-hydrogen) atoms. The molecule has 8 nitrogen and oxygen atoms in total. The monoisotopic (exact) mass is 345 g/mol. The summed E-state index contributed by atoms with van der Waals surface area (Å²) < 4.78 is 10.7. The molecule has 3 heterocycles. The fourth-order valence-corrected chi connectivity index (χ4v) is 2.72. The van der Waals surface area contributed by atoms with Crippen molar-refractivity contribution in [2.75, 3.05) is 13.6 Å². The van der Waals surface area contributed by atoms with Crippen LogP contribution in [0.25, 0.3) is 0 Å². The first-order chi connectivity index (χ1) is 11.8. The maximum absolute atomic E-state index is 12.6. The second kappa shape index (κ2) is 6.12. The number of imide groups is 1. The number of nitrogens with zero attached hydrogens (tertiary/aromatic N) is 2. The molecule has 0 saturated carbocycles. The summed E-state index contributed by atoms with van der Waals surface area (Å²) in [6.45, 7) is 3.27. The molecule has 2 aromatic heterocycles. The molecule has 8 heteroatoms. The van der Waals surface area contributed by atoms with Crippen LogP contribution in [0.5, 0.6) is 0 Å². The van der Waals surface area contributed by atoms with E-state index in [1.165, 1.54) is 11.2 Å². The highest BCUT2D eigenvalue weighted by Crippen LogP contribution is 2.29. The first-order valence-electron chi connectivity index (χ1n) is 7.78. The molecule has 1 atom stereocenters. The molecule has 3 rings (SSSR count). The van der Waals surface area contributed by atoms with Crippen LogP contribution in [-0.4, -0.2) is 41.2 Å². The number of furan rings is 2. The van der Waals surface area contributed by atoms with Gasteiger partial charge in [0.05, 0.1) is 12.8 Å². The van der Waals surface area contributed by atoms with Gasteiger partial charge in [-0.3, -0.25) is 14.5 Å². The highest BCUT2D eigenvalue weighted by atomic mass is 16.3. The van der Waals surface area contributed by atoms with Crippen LogP contribution in [0.1, 0.15) is 24.2 Å². The minimum Gasteiger partial charge on any atom is -0.466 e. The van der Waals surface area contributed by atoms with E-state index in [2.05, 4.69) is 5.32 Å². The summed E-state index contributed by atoms with van der Waals surface area (Å²) in [7, 11) is 1.59. The molecule has 132 valence electrons. The lowest BCUT2D eigenvalue weighted by atomic mass is 9.99. The molecule has 1 fully saturated rings. The van der Waals surface area contributed by atoms with Gasteiger partial charge in [-0.15, -0.1) is 0 Å². The number of nitrogens with one attached hydrogen (secondary N) is 1. The van der Waals surface area contributed by atoms with Gasteiger partial charge in [-0.25, -0.2) is 4.79 Å². The molecule has 1 aliphatic rings. The standard InChI is InChI=1S/C17H19N3O5/c1-11-6-7-12(25-11)9-19(3)14(21)10-20-15(22)17(2,18-16(20)23)13-5-4-8-24-13/h4-8H,9-10H2,1-3H3,(H,18,23). The maximum atomic E-state index is 12.6. The Balaban J connectivity index is 1.68. The minimum absolute atomic E-state index is 0.256. The van der Waals surface area contributed by atoms with Crippen molar-refractivity contribution in [1.82, 2.24) is 15.1 Å². The predicted octanol–water partition coefficient (Wildman–Crippen LogP) is 1.61. The Hall–Kier alpha value is -3.03. The molecule has 0 aromatic carbocycles. The lowest BCUT2D eigenvalue weighted by molar-refractivity contribution is -0.138. The van der Waals surface area contributed by atoms with Gasteiger partial charge in [-0.05, 0) is 38.1 Å². The van der Waals surface area contributed by atoms with Crippen molar-refractivity contribution < 1.29 is 23.2 Å². The fourth-order valence-electron chi connectivity index (χ4n) is 2.72. The molecular formula is C17H19N3O5. The molecule has 1 N–H and O–H groups in total. The number of rotatable bonds is 5. The quantitative estimate of drug-likeness (QED) is 0.831. The normalized spacial score (nSPS) is 20.0. The second-order valence-corrected chi connectivity index (χ2v) is 6.19. The van der Waals surface area contributed by atoms with E-state index >= 15 is 0 Å². The van der Waals surface area contributed by atoms with Crippen LogP contribution in [0, 0.1) is 6.92 Å². The number of hydrogen-bond acceptors (Lipinski definition) is 5. The topological polar surface area (TPSA) is 96.0 Å².